The number of aliphatic hydroxyl groups is 1. The molecule has 0 spiro atoms. The zero-order chi connectivity index (χ0) is 55.8. The minimum Gasteiger partial charge on any atom is -0.452 e. The molecule has 0 aromatic heterocycles. The summed E-state index contributed by atoms with van der Waals surface area (Å²) in [5.74, 6) is -2.49. The van der Waals surface area contributed by atoms with Crippen molar-refractivity contribution >= 4 is 24.0 Å². The highest BCUT2D eigenvalue weighted by Gasteiger charge is 2.57. The molecule has 3 saturated heterocycles. The fourth-order valence-corrected chi connectivity index (χ4v) is 9.60. The summed E-state index contributed by atoms with van der Waals surface area (Å²) in [5.41, 5.74) is 3.57. The Morgan fingerprint density at radius 1 is 0.506 bits per heavy atom. The van der Waals surface area contributed by atoms with Crippen molar-refractivity contribution in [3.8, 4) is 0 Å². The van der Waals surface area contributed by atoms with Crippen molar-refractivity contribution in [2.75, 3.05) is 26.4 Å². The van der Waals surface area contributed by atoms with Crippen LogP contribution in [-0.4, -0.2) is 122 Å². The number of aliphatic hydroxyl groups excluding tert-OH is 1. The summed E-state index contributed by atoms with van der Waals surface area (Å²) >= 11 is 0. The minimum absolute atomic E-state index is 0.0132. The monoisotopic (exact) mass is 1100 g/mol. The van der Waals surface area contributed by atoms with Crippen LogP contribution in [-0.2, 0) is 71.9 Å². The molecule has 17 nitrogen and oxygen atoms in total. The molecule has 0 radical (unpaired) electrons. The van der Waals surface area contributed by atoms with Crippen molar-refractivity contribution in [1.82, 2.24) is 4.90 Å². The van der Waals surface area contributed by atoms with E-state index in [9.17, 15) is 24.3 Å². The lowest BCUT2D eigenvalue weighted by Gasteiger charge is -2.50. The Bertz CT molecular complexity index is 3080. The molecule has 11 atom stereocenters. The van der Waals surface area contributed by atoms with Crippen molar-refractivity contribution in [2.45, 2.75) is 87.5 Å². The van der Waals surface area contributed by atoms with E-state index in [1.807, 2.05) is 121 Å². The van der Waals surface area contributed by atoms with Gasteiger partial charge in [-0.2, -0.15) is 0 Å². The molecular weight excluding hydrogens is 1040 g/mol. The van der Waals surface area contributed by atoms with Gasteiger partial charge in [-0.3, -0.25) is 0 Å². The van der Waals surface area contributed by atoms with Crippen LogP contribution >= 0.6 is 0 Å². The lowest BCUT2D eigenvalue weighted by atomic mass is 9.95. The second kappa shape index (κ2) is 27.9. The molecule has 3 aliphatic heterocycles. The number of carbonyl (C=O) groups is 4. The zero-order valence-corrected chi connectivity index (χ0v) is 44.0. The van der Waals surface area contributed by atoms with Gasteiger partial charge in [0.25, 0.3) is 0 Å². The van der Waals surface area contributed by atoms with Crippen LogP contribution in [0.1, 0.15) is 59.6 Å². The van der Waals surface area contributed by atoms with E-state index in [0.29, 0.717) is 5.56 Å². The summed E-state index contributed by atoms with van der Waals surface area (Å²) in [6.45, 7) is -0.368. The number of hydrogen-bond donors (Lipinski definition) is 1. The highest BCUT2D eigenvalue weighted by atomic mass is 16.8. The quantitative estimate of drug-likeness (QED) is 0.0529. The lowest BCUT2D eigenvalue weighted by Crippen LogP contribution is -2.67. The molecule has 10 rings (SSSR count). The van der Waals surface area contributed by atoms with Crippen molar-refractivity contribution in [1.29, 1.82) is 0 Å². The van der Waals surface area contributed by atoms with Crippen LogP contribution in [0.5, 0.6) is 0 Å². The van der Waals surface area contributed by atoms with Gasteiger partial charge in [-0.1, -0.05) is 176 Å². The van der Waals surface area contributed by atoms with E-state index in [1.165, 1.54) is 4.90 Å². The van der Waals surface area contributed by atoms with Crippen molar-refractivity contribution < 1.29 is 76.4 Å². The van der Waals surface area contributed by atoms with Crippen molar-refractivity contribution in [3.63, 3.8) is 0 Å². The Hall–Kier alpha value is -8.10. The summed E-state index contributed by atoms with van der Waals surface area (Å²) < 4.78 is 70.8. The maximum atomic E-state index is 14.6. The van der Waals surface area contributed by atoms with Gasteiger partial charge in [-0.25, -0.2) is 19.2 Å². The van der Waals surface area contributed by atoms with Gasteiger partial charge in [-0.05, 0) is 53.1 Å². The van der Waals surface area contributed by atoms with Crippen LogP contribution in [0.3, 0.4) is 0 Å². The molecule has 7 aromatic rings. The number of hydrogen-bond acceptors (Lipinski definition) is 16. The van der Waals surface area contributed by atoms with E-state index >= 15 is 0 Å². The van der Waals surface area contributed by atoms with E-state index in [4.69, 9.17) is 52.1 Å². The number of ether oxygens (including phenoxy) is 11. The largest absolute Gasteiger partial charge is 0.452 e. The molecule has 1 N–H and O–H groups in total. The molecule has 0 bridgehead atoms. The molecule has 3 heterocycles. The topological polar surface area (TPSA) is 193 Å². The molecule has 0 saturated carbocycles. The third kappa shape index (κ3) is 14.8. The molecule has 0 aliphatic carbocycles. The smallest absolute Gasteiger partial charge is 0.410 e. The van der Waals surface area contributed by atoms with Gasteiger partial charge in [-0.15, -0.1) is 0 Å². The van der Waals surface area contributed by atoms with Crippen molar-refractivity contribution in [2.24, 2.45) is 0 Å². The molecule has 418 valence electrons. The van der Waals surface area contributed by atoms with Crippen LogP contribution < -0.4 is 0 Å². The molecule has 1 amide bonds. The Morgan fingerprint density at radius 2 is 0.988 bits per heavy atom. The summed E-state index contributed by atoms with van der Waals surface area (Å²) in [7, 11) is 0. The normalized spacial score (nSPS) is 24.1. The first-order chi connectivity index (χ1) is 39.7. The number of amides is 1. The Kier molecular flexibility index (Phi) is 19.3. The average Bonchev–Trinajstić information content (AvgIpc) is 3.58. The van der Waals surface area contributed by atoms with Gasteiger partial charge < -0.3 is 62.1 Å². The lowest BCUT2D eigenvalue weighted by molar-refractivity contribution is -0.384. The molecule has 7 aromatic carbocycles. The van der Waals surface area contributed by atoms with E-state index < -0.39 is 91.7 Å². The van der Waals surface area contributed by atoms with E-state index in [2.05, 4.69) is 0 Å². The summed E-state index contributed by atoms with van der Waals surface area (Å²) in [6, 6.07) is 61.7. The van der Waals surface area contributed by atoms with E-state index in [1.54, 1.807) is 91.0 Å². The Labute approximate surface area is 468 Å². The standard InChI is InChI=1S/C64H61NO16/c66-52-53-51(42-73-61(80-53)49-34-20-7-21-35-49)76-63(55(52)77-58(67)46-28-14-4-15-29-46)81-54-50(41-71-39-44-24-10-2-11-25-44)75-62(57(79-60(69)48-32-18-6-19-33-48)56(54)78-59(68)47-30-16-5-17-31-47)72-37-36-65(38-43-22-8-1-9-23-43)64(70)74-40-45-26-12-3-13-27-45/h1-35,50-57,61-63,66H,36-42H2/t50-,51-,52+,53-,54-,55-,56-,57-,61?,62-,63+/m1/s1. The highest BCUT2D eigenvalue weighted by molar-refractivity contribution is 5.91. The summed E-state index contributed by atoms with van der Waals surface area (Å²) in [5, 5.41) is 12.4. The van der Waals surface area contributed by atoms with Gasteiger partial charge in [0.15, 0.2) is 37.2 Å². The first-order valence-electron chi connectivity index (χ1n) is 26.7. The predicted octanol–water partition coefficient (Wildman–Crippen LogP) is 9.05. The first kappa shape index (κ1) is 56.2. The number of benzene rings is 7. The maximum absolute atomic E-state index is 14.6. The van der Waals surface area contributed by atoms with Crippen LogP contribution in [0, 0.1) is 0 Å². The first-order valence-corrected chi connectivity index (χ1v) is 26.7. The minimum atomic E-state index is -1.66. The maximum Gasteiger partial charge on any atom is 0.410 e. The second-order valence-corrected chi connectivity index (χ2v) is 19.4. The molecule has 81 heavy (non-hydrogen) atoms. The number of carbonyl (C=O) groups excluding carboxylic acids is 4. The Balaban J connectivity index is 1.01. The number of nitrogens with zero attached hydrogens (tertiary/aromatic N) is 1. The van der Waals surface area contributed by atoms with Gasteiger partial charge in [0.2, 0.25) is 0 Å². The van der Waals surface area contributed by atoms with Crippen molar-refractivity contribution in [3.05, 3.63) is 251 Å². The third-order valence-electron chi connectivity index (χ3n) is 13.7. The molecule has 3 aliphatic rings. The zero-order valence-electron chi connectivity index (χ0n) is 44.0. The third-order valence-corrected chi connectivity index (χ3v) is 13.7. The molecule has 3 fully saturated rings. The van der Waals surface area contributed by atoms with Crippen LogP contribution in [0.25, 0.3) is 0 Å². The molecular formula is C64H61NO16. The van der Waals surface area contributed by atoms with Crippen LogP contribution in [0.4, 0.5) is 4.79 Å². The number of fused-ring (bicyclic) bond motifs is 1. The number of esters is 3. The Morgan fingerprint density at radius 3 is 1.54 bits per heavy atom. The van der Waals surface area contributed by atoms with Gasteiger partial charge in [0, 0.05) is 18.7 Å². The van der Waals surface area contributed by atoms with E-state index in [-0.39, 0.29) is 62.8 Å². The van der Waals surface area contributed by atoms with Gasteiger partial charge in [0.1, 0.15) is 37.1 Å². The summed E-state index contributed by atoms with van der Waals surface area (Å²) in [4.78, 5) is 58.5. The molecule has 17 heteroatoms. The highest BCUT2D eigenvalue weighted by Crippen LogP contribution is 2.39. The fourth-order valence-electron chi connectivity index (χ4n) is 9.60. The van der Waals surface area contributed by atoms with Crippen LogP contribution in [0.15, 0.2) is 212 Å². The van der Waals surface area contributed by atoms with Crippen LogP contribution in [0.2, 0.25) is 0 Å². The van der Waals surface area contributed by atoms with Gasteiger partial charge >= 0.3 is 24.0 Å². The van der Waals surface area contributed by atoms with Gasteiger partial charge in [0.05, 0.1) is 43.1 Å². The SMILES string of the molecule is O=C(O[C@H]1[C@@H](OC(=O)c2ccccc2)[C@H](OCCN(Cc2ccccc2)C(=O)OCc2ccccc2)O[C@H](COCc2ccccc2)[C@H]1O[C@@H]1O[C@@H]2COC(c3ccccc3)O[C@H]2[C@H](O)[C@H]1OC(=O)c1ccccc1)c1ccccc1. The molecule has 1 unspecified atom stereocenters. The second-order valence-electron chi connectivity index (χ2n) is 19.4. The van der Waals surface area contributed by atoms with E-state index in [0.717, 1.165) is 16.7 Å². The fraction of sp³-hybridized carbons (Fsp3) is 0.281. The summed E-state index contributed by atoms with van der Waals surface area (Å²) in [6.07, 6.45) is -16.1. The average molecular weight is 1100 g/mol. The predicted molar refractivity (Wildman–Crippen MR) is 291 cm³/mol. The number of rotatable bonds is 21.